The average Bonchev–Trinajstić information content (AvgIpc) is 3.18. The Bertz CT molecular complexity index is 907. The zero-order valence-electron chi connectivity index (χ0n) is 18.6. The summed E-state index contributed by atoms with van der Waals surface area (Å²) in [4.78, 5) is 28.8. The third kappa shape index (κ3) is 5.27. The van der Waals surface area contributed by atoms with E-state index in [-0.39, 0.29) is 17.9 Å². The van der Waals surface area contributed by atoms with E-state index in [2.05, 4.69) is 41.4 Å². The Kier molecular flexibility index (Phi) is 6.59. The van der Waals surface area contributed by atoms with Crippen LogP contribution < -0.4 is 10.2 Å². The molecule has 0 aliphatic carbocycles. The number of nitrogens with one attached hydrogen (secondary N) is 1. The number of benzene rings is 2. The molecule has 0 unspecified atom stereocenters. The second-order valence-electron chi connectivity index (χ2n) is 9.10. The van der Waals surface area contributed by atoms with E-state index in [1.165, 1.54) is 18.5 Å². The molecule has 31 heavy (non-hydrogen) atoms. The number of hydrogen-bond acceptors (Lipinski definition) is 3. The molecule has 2 aliphatic heterocycles. The Morgan fingerprint density at radius 3 is 2.45 bits per heavy atom. The smallest absolute Gasteiger partial charge is 0.251 e. The first-order chi connectivity index (χ1) is 15.0. The maximum Gasteiger partial charge on any atom is 0.251 e. The largest absolute Gasteiger partial charge is 0.371 e. The maximum absolute atomic E-state index is 12.7. The van der Waals surface area contributed by atoms with Crippen LogP contribution in [-0.2, 0) is 11.3 Å². The maximum atomic E-state index is 12.7. The van der Waals surface area contributed by atoms with Crippen molar-refractivity contribution in [2.24, 2.45) is 5.92 Å². The van der Waals surface area contributed by atoms with Crippen LogP contribution in [0, 0.1) is 5.92 Å². The molecular formula is C26H33N3O2. The Hall–Kier alpha value is -2.82. The molecule has 2 atom stereocenters. The summed E-state index contributed by atoms with van der Waals surface area (Å²) in [5, 5.41) is 3.10. The highest BCUT2D eigenvalue weighted by Crippen LogP contribution is 2.25. The van der Waals surface area contributed by atoms with Crippen LogP contribution in [-0.4, -0.2) is 36.3 Å². The summed E-state index contributed by atoms with van der Waals surface area (Å²) in [5.74, 6) is 0.885. The lowest BCUT2D eigenvalue weighted by molar-refractivity contribution is -0.128. The van der Waals surface area contributed by atoms with E-state index in [0.717, 1.165) is 43.1 Å². The minimum atomic E-state index is -0.0785. The number of carbonyl (C=O) groups is 2. The highest BCUT2D eigenvalue weighted by atomic mass is 16.2. The van der Waals surface area contributed by atoms with Gasteiger partial charge < -0.3 is 15.1 Å². The molecule has 1 N–H and O–H groups in total. The van der Waals surface area contributed by atoms with Crippen LogP contribution in [0.2, 0.25) is 0 Å². The summed E-state index contributed by atoms with van der Waals surface area (Å²) in [6.45, 7) is 8.03. The Balaban J connectivity index is 1.33. The molecule has 5 heteroatoms. The van der Waals surface area contributed by atoms with Gasteiger partial charge in [0.2, 0.25) is 5.91 Å². The van der Waals surface area contributed by atoms with Crippen LogP contribution in [0.25, 0.3) is 0 Å². The predicted octanol–water partition coefficient (Wildman–Crippen LogP) is 4.54. The normalized spacial score (nSPS) is 20.1. The van der Waals surface area contributed by atoms with Crippen molar-refractivity contribution in [3.63, 3.8) is 0 Å². The number of likely N-dealkylation sites (tertiary alicyclic amines) is 1. The van der Waals surface area contributed by atoms with E-state index in [9.17, 15) is 9.59 Å². The van der Waals surface area contributed by atoms with Gasteiger partial charge in [-0.2, -0.15) is 0 Å². The molecule has 0 radical (unpaired) electrons. The third-order valence-electron chi connectivity index (χ3n) is 6.52. The molecule has 2 saturated heterocycles. The van der Waals surface area contributed by atoms with Crippen LogP contribution in [0.4, 0.5) is 5.69 Å². The van der Waals surface area contributed by atoms with Gasteiger partial charge in [-0.3, -0.25) is 9.59 Å². The van der Waals surface area contributed by atoms with Gasteiger partial charge in [-0.25, -0.2) is 0 Å². The first-order valence-corrected chi connectivity index (χ1v) is 11.5. The van der Waals surface area contributed by atoms with Crippen molar-refractivity contribution in [3.05, 3.63) is 65.2 Å². The monoisotopic (exact) mass is 419 g/mol. The zero-order valence-corrected chi connectivity index (χ0v) is 18.6. The van der Waals surface area contributed by atoms with Gasteiger partial charge in [-0.05, 0) is 67.5 Å². The first-order valence-electron chi connectivity index (χ1n) is 11.5. The quantitative estimate of drug-likeness (QED) is 0.748. The van der Waals surface area contributed by atoms with Gasteiger partial charge in [0.15, 0.2) is 0 Å². The van der Waals surface area contributed by atoms with E-state index < -0.39 is 0 Å². The SMILES string of the molecule is C[C@H]1CCCN(c2ccc([C@H](C)NC(=O)c3ccc(CN4CCCC4=O)cc3)cc2)C1. The Morgan fingerprint density at radius 1 is 1.06 bits per heavy atom. The van der Waals surface area contributed by atoms with Crippen molar-refractivity contribution in [2.45, 2.75) is 52.1 Å². The van der Waals surface area contributed by atoms with Crippen LogP contribution in [0.5, 0.6) is 0 Å². The molecule has 5 nitrogen and oxygen atoms in total. The fraction of sp³-hybridized carbons (Fsp3) is 0.462. The Labute approximate surface area is 185 Å². The topological polar surface area (TPSA) is 52.7 Å². The van der Waals surface area contributed by atoms with Crippen LogP contribution >= 0.6 is 0 Å². The fourth-order valence-corrected chi connectivity index (χ4v) is 4.61. The van der Waals surface area contributed by atoms with E-state index in [1.54, 1.807) is 0 Å². The zero-order chi connectivity index (χ0) is 21.8. The molecule has 2 heterocycles. The molecule has 2 aromatic rings. The van der Waals surface area contributed by atoms with E-state index >= 15 is 0 Å². The molecule has 2 aromatic carbocycles. The number of nitrogens with zero attached hydrogens (tertiary/aromatic N) is 2. The highest BCUT2D eigenvalue weighted by molar-refractivity contribution is 5.94. The standard InChI is InChI=1S/C26H33N3O2/c1-19-5-3-15-28(17-19)24-13-11-22(12-14-24)20(2)27-26(31)23-9-7-21(8-10-23)18-29-16-4-6-25(29)30/h7-14,19-20H,3-6,15-18H2,1-2H3,(H,27,31)/t19-,20-/m0/s1. The van der Waals surface area contributed by atoms with E-state index in [0.29, 0.717) is 18.5 Å². The number of piperidine rings is 1. The van der Waals surface area contributed by atoms with Crippen molar-refractivity contribution in [3.8, 4) is 0 Å². The van der Waals surface area contributed by atoms with Crippen molar-refractivity contribution in [1.82, 2.24) is 10.2 Å². The number of amides is 2. The highest BCUT2D eigenvalue weighted by Gasteiger charge is 2.20. The Morgan fingerprint density at radius 2 is 1.81 bits per heavy atom. The minimum absolute atomic E-state index is 0.0660. The second kappa shape index (κ2) is 9.54. The van der Waals surface area contributed by atoms with Crippen molar-refractivity contribution < 1.29 is 9.59 Å². The van der Waals surface area contributed by atoms with Crippen molar-refractivity contribution in [2.75, 3.05) is 24.5 Å². The molecule has 164 valence electrons. The number of rotatable bonds is 6. The lowest BCUT2D eigenvalue weighted by Gasteiger charge is -2.33. The van der Waals surface area contributed by atoms with Crippen molar-refractivity contribution >= 4 is 17.5 Å². The van der Waals surface area contributed by atoms with Gasteiger partial charge in [0.25, 0.3) is 5.91 Å². The molecule has 0 aromatic heterocycles. The third-order valence-corrected chi connectivity index (χ3v) is 6.52. The van der Waals surface area contributed by atoms with Crippen LogP contribution in [0.1, 0.15) is 67.1 Å². The molecule has 4 rings (SSSR count). The summed E-state index contributed by atoms with van der Waals surface area (Å²) >= 11 is 0. The van der Waals surface area contributed by atoms with Gasteiger partial charge in [-0.1, -0.05) is 31.2 Å². The van der Waals surface area contributed by atoms with E-state index in [1.807, 2.05) is 36.1 Å². The number of anilines is 1. The lowest BCUT2D eigenvalue weighted by atomic mass is 9.99. The van der Waals surface area contributed by atoms with Gasteiger partial charge in [0.1, 0.15) is 0 Å². The molecule has 2 amide bonds. The summed E-state index contributed by atoms with van der Waals surface area (Å²) in [7, 11) is 0. The molecule has 0 bridgehead atoms. The molecule has 2 fully saturated rings. The summed E-state index contributed by atoms with van der Waals surface area (Å²) in [6, 6.07) is 16.1. The van der Waals surface area contributed by atoms with Crippen LogP contribution in [0.15, 0.2) is 48.5 Å². The van der Waals surface area contributed by atoms with Gasteiger partial charge in [-0.15, -0.1) is 0 Å². The van der Waals surface area contributed by atoms with Gasteiger partial charge in [0, 0.05) is 43.9 Å². The number of hydrogen-bond donors (Lipinski definition) is 1. The van der Waals surface area contributed by atoms with Gasteiger partial charge in [0.05, 0.1) is 6.04 Å². The predicted molar refractivity (Wildman–Crippen MR) is 124 cm³/mol. The fourth-order valence-electron chi connectivity index (χ4n) is 4.61. The lowest BCUT2D eigenvalue weighted by Crippen LogP contribution is -2.34. The van der Waals surface area contributed by atoms with Crippen molar-refractivity contribution in [1.29, 1.82) is 0 Å². The average molecular weight is 420 g/mol. The summed E-state index contributed by atoms with van der Waals surface area (Å²) in [6.07, 6.45) is 4.16. The molecule has 0 spiro atoms. The van der Waals surface area contributed by atoms with Crippen LogP contribution in [0.3, 0.4) is 0 Å². The molecule has 0 saturated carbocycles. The molecular weight excluding hydrogens is 386 g/mol. The van der Waals surface area contributed by atoms with E-state index in [4.69, 9.17) is 0 Å². The van der Waals surface area contributed by atoms with Gasteiger partial charge >= 0.3 is 0 Å². The second-order valence-corrected chi connectivity index (χ2v) is 9.10. The first kappa shape index (κ1) is 21.4. The molecule has 2 aliphatic rings. The minimum Gasteiger partial charge on any atom is -0.371 e. The summed E-state index contributed by atoms with van der Waals surface area (Å²) < 4.78 is 0. The summed E-state index contributed by atoms with van der Waals surface area (Å²) in [5.41, 5.74) is 4.07. The number of carbonyl (C=O) groups excluding carboxylic acids is 2.